The number of nitrogen functional groups attached to an aromatic ring is 4. The molecule has 0 heterocycles. The zero-order chi connectivity index (χ0) is 12.8. The summed E-state index contributed by atoms with van der Waals surface area (Å²) in [4.78, 5) is 0. The summed E-state index contributed by atoms with van der Waals surface area (Å²) in [6, 6.07) is 12.3. The molecule has 17 heavy (non-hydrogen) atoms. The molecule has 0 aromatic heterocycles. The zero-order valence-electron chi connectivity index (χ0n) is 9.23. The molecule has 0 aliphatic carbocycles. The molecular weight excluding hydrogens is 236 g/mol. The summed E-state index contributed by atoms with van der Waals surface area (Å²) in [7, 11) is 0. The van der Waals surface area contributed by atoms with Crippen LogP contribution in [0.4, 0.5) is 22.7 Å². The Morgan fingerprint density at radius 1 is 0.647 bits per heavy atom. The summed E-state index contributed by atoms with van der Waals surface area (Å²) in [6.07, 6.45) is 0. The fraction of sp³-hybridized carbons (Fsp3) is 0. The standard InChI is InChI=1S/C6H7ClN2.C6H8N2/c7-4-1-2-5(8)6(9)3-4;7-5-3-1-2-4-6(5)8/h1-3H,8-9H2;1-4H,7-8H2. The topological polar surface area (TPSA) is 104 Å². The van der Waals surface area contributed by atoms with Crippen molar-refractivity contribution in [2.24, 2.45) is 0 Å². The minimum Gasteiger partial charge on any atom is -0.397 e. The largest absolute Gasteiger partial charge is 0.397 e. The third-order valence-corrected chi connectivity index (χ3v) is 2.28. The molecule has 0 unspecified atom stereocenters. The predicted octanol–water partition coefficient (Wildman–Crippen LogP) is 2.36. The van der Waals surface area contributed by atoms with Crippen molar-refractivity contribution in [3.05, 3.63) is 47.5 Å². The van der Waals surface area contributed by atoms with E-state index in [1.165, 1.54) is 0 Å². The molecule has 2 aromatic carbocycles. The van der Waals surface area contributed by atoms with Crippen molar-refractivity contribution in [3.8, 4) is 0 Å². The minimum absolute atomic E-state index is 0.530. The molecule has 0 radical (unpaired) electrons. The second-order valence-corrected chi connectivity index (χ2v) is 3.84. The van der Waals surface area contributed by atoms with Crippen molar-refractivity contribution >= 4 is 34.4 Å². The fourth-order valence-electron chi connectivity index (χ4n) is 1.06. The highest BCUT2D eigenvalue weighted by Gasteiger charge is 1.92. The van der Waals surface area contributed by atoms with Crippen LogP contribution < -0.4 is 22.9 Å². The van der Waals surface area contributed by atoms with Crippen molar-refractivity contribution in [3.63, 3.8) is 0 Å². The highest BCUT2D eigenvalue weighted by atomic mass is 35.5. The Labute approximate surface area is 105 Å². The zero-order valence-corrected chi connectivity index (χ0v) is 9.98. The number of benzene rings is 2. The molecule has 0 aliphatic rings. The van der Waals surface area contributed by atoms with Crippen LogP contribution in [-0.2, 0) is 0 Å². The number of rotatable bonds is 0. The Hall–Kier alpha value is -2.07. The highest BCUT2D eigenvalue weighted by molar-refractivity contribution is 6.31. The van der Waals surface area contributed by atoms with Crippen LogP contribution in [0.3, 0.4) is 0 Å². The molecule has 90 valence electrons. The van der Waals surface area contributed by atoms with Gasteiger partial charge in [0, 0.05) is 5.02 Å². The lowest BCUT2D eigenvalue weighted by atomic mass is 10.3. The van der Waals surface area contributed by atoms with E-state index >= 15 is 0 Å². The first-order valence-electron chi connectivity index (χ1n) is 4.91. The van der Waals surface area contributed by atoms with Gasteiger partial charge in [0.25, 0.3) is 0 Å². The Morgan fingerprint density at radius 2 is 1.12 bits per heavy atom. The van der Waals surface area contributed by atoms with Crippen LogP contribution in [0.15, 0.2) is 42.5 Å². The number of anilines is 4. The van der Waals surface area contributed by atoms with E-state index in [-0.39, 0.29) is 0 Å². The van der Waals surface area contributed by atoms with E-state index in [1.807, 2.05) is 12.1 Å². The van der Waals surface area contributed by atoms with Gasteiger partial charge in [0.05, 0.1) is 22.7 Å². The van der Waals surface area contributed by atoms with Gasteiger partial charge in [0.15, 0.2) is 0 Å². The number of nitrogens with two attached hydrogens (primary N) is 4. The van der Waals surface area contributed by atoms with Crippen LogP contribution in [-0.4, -0.2) is 0 Å². The molecule has 0 spiro atoms. The molecule has 2 aromatic rings. The van der Waals surface area contributed by atoms with Crippen molar-refractivity contribution < 1.29 is 0 Å². The van der Waals surface area contributed by atoms with Crippen LogP contribution in [0.1, 0.15) is 0 Å². The second-order valence-electron chi connectivity index (χ2n) is 3.40. The third-order valence-electron chi connectivity index (χ3n) is 2.04. The first kappa shape index (κ1) is 13.0. The summed E-state index contributed by atoms with van der Waals surface area (Å²) in [6.45, 7) is 0. The Bertz CT molecular complexity index is 479. The minimum atomic E-state index is 0.530. The van der Waals surface area contributed by atoms with E-state index in [0.29, 0.717) is 27.8 Å². The summed E-state index contributed by atoms with van der Waals surface area (Å²) < 4.78 is 0. The average Bonchev–Trinajstić information content (AvgIpc) is 2.29. The van der Waals surface area contributed by atoms with Gasteiger partial charge in [-0.3, -0.25) is 0 Å². The van der Waals surface area contributed by atoms with Crippen molar-refractivity contribution in [1.29, 1.82) is 0 Å². The summed E-state index contributed by atoms with van der Waals surface area (Å²) in [5, 5.41) is 0.613. The molecule has 4 nitrogen and oxygen atoms in total. The van der Waals surface area contributed by atoms with E-state index in [4.69, 9.17) is 34.5 Å². The monoisotopic (exact) mass is 250 g/mol. The maximum absolute atomic E-state index is 5.58. The first-order valence-corrected chi connectivity index (χ1v) is 5.29. The SMILES string of the molecule is Nc1ccc(Cl)cc1N.Nc1ccccc1N. The maximum atomic E-state index is 5.58. The predicted molar refractivity (Wildman–Crippen MR) is 75.5 cm³/mol. The molecule has 0 amide bonds. The van der Waals surface area contributed by atoms with Gasteiger partial charge in [-0.25, -0.2) is 0 Å². The van der Waals surface area contributed by atoms with Crippen LogP contribution in [0.25, 0.3) is 0 Å². The molecule has 0 saturated carbocycles. The van der Waals surface area contributed by atoms with Crippen molar-refractivity contribution in [2.75, 3.05) is 22.9 Å². The van der Waals surface area contributed by atoms with E-state index < -0.39 is 0 Å². The third kappa shape index (κ3) is 4.12. The molecule has 0 fully saturated rings. The van der Waals surface area contributed by atoms with Gasteiger partial charge < -0.3 is 22.9 Å². The quantitative estimate of drug-likeness (QED) is 0.539. The van der Waals surface area contributed by atoms with Gasteiger partial charge in [-0.1, -0.05) is 23.7 Å². The van der Waals surface area contributed by atoms with Gasteiger partial charge in [-0.05, 0) is 30.3 Å². The number of hydrogen-bond donors (Lipinski definition) is 4. The molecule has 0 bridgehead atoms. The Morgan fingerprint density at radius 3 is 1.47 bits per heavy atom. The lowest BCUT2D eigenvalue weighted by Crippen LogP contribution is -1.92. The smallest absolute Gasteiger partial charge is 0.0562 e. The summed E-state index contributed by atoms with van der Waals surface area (Å²) in [5.74, 6) is 0. The molecule has 0 aliphatic heterocycles. The van der Waals surface area contributed by atoms with Gasteiger partial charge in [0.2, 0.25) is 0 Å². The molecule has 0 saturated heterocycles. The molecule has 5 heteroatoms. The Balaban J connectivity index is 0.000000171. The summed E-state index contributed by atoms with van der Waals surface area (Å²) >= 11 is 5.58. The van der Waals surface area contributed by atoms with Crippen LogP contribution in [0.2, 0.25) is 5.02 Å². The van der Waals surface area contributed by atoms with Crippen LogP contribution in [0, 0.1) is 0 Å². The lowest BCUT2D eigenvalue weighted by molar-refractivity contribution is 1.66. The van der Waals surface area contributed by atoms with E-state index in [2.05, 4.69) is 0 Å². The van der Waals surface area contributed by atoms with Crippen molar-refractivity contribution in [2.45, 2.75) is 0 Å². The van der Waals surface area contributed by atoms with Gasteiger partial charge in [-0.15, -0.1) is 0 Å². The first-order chi connectivity index (χ1) is 8.00. The average molecular weight is 251 g/mol. The fourth-order valence-corrected chi connectivity index (χ4v) is 1.24. The second kappa shape index (κ2) is 5.86. The van der Waals surface area contributed by atoms with E-state index in [9.17, 15) is 0 Å². The van der Waals surface area contributed by atoms with Crippen molar-refractivity contribution in [1.82, 2.24) is 0 Å². The van der Waals surface area contributed by atoms with E-state index in [0.717, 1.165) is 0 Å². The van der Waals surface area contributed by atoms with Crippen LogP contribution in [0.5, 0.6) is 0 Å². The van der Waals surface area contributed by atoms with E-state index in [1.54, 1.807) is 30.3 Å². The molecule has 0 atom stereocenters. The normalized spacial score (nSPS) is 9.24. The van der Waals surface area contributed by atoms with Gasteiger partial charge in [-0.2, -0.15) is 0 Å². The maximum Gasteiger partial charge on any atom is 0.0562 e. The Kier molecular flexibility index (Phi) is 4.48. The van der Waals surface area contributed by atoms with Gasteiger partial charge >= 0.3 is 0 Å². The number of halogens is 1. The number of hydrogen-bond acceptors (Lipinski definition) is 4. The highest BCUT2D eigenvalue weighted by Crippen LogP contribution is 2.18. The number of para-hydroxylation sites is 2. The molecule has 8 N–H and O–H groups in total. The van der Waals surface area contributed by atoms with Crippen LogP contribution >= 0.6 is 11.6 Å². The molecule has 2 rings (SSSR count). The molecular formula is C12H15ClN4. The lowest BCUT2D eigenvalue weighted by Gasteiger charge is -1.97. The van der Waals surface area contributed by atoms with Gasteiger partial charge in [0.1, 0.15) is 0 Å². The summed E-state index contributed by atoms with van der Waals surface area (Å²) in [5.41, 5.74) is 24.0.